The number of nitrogens with zero attached hydrogens (tertiary/aromatic N) is 4. The van der Waals surface area contributed by atoms with Crippen LogP contribution >= 0.6 is 0 Å². The van der Waals surface area contributed by atoms with Crippen LogP contribution in [0.1, 0.15) is 25.0 Å². The molecule has 21 rings (SSSR count). The van der Waals surface area contributed by atoms with Crippen molar-refractivity contribution in [2.24, 2.45) is 0 Å². The van der Waals surface area contributed by atoms with Crippen LogP contribution < -0.4 is 19.6 Å². The van der Waals surface area contributed by atoms with E-state index >= 15 is 0 Å². The lowest BCUT2D eigenvalue weighted by Gasteiger charge is -2.31. The summed E-state index contributed by atoms with van der Waals surface area (Å²) in [4.78, 5) is 9.86. The smallest absolute Gasteiger partial charge is 0.0488 e. The molecule has 1 aliphatic rings. The van der Waals surface area contributed by atoms with Crippen molar-refractivity contribution in [1.82, 2.24) is 0 Å². The van der Waals surface area contributed by atoms with Gasteiger partial charge in [0.05, 0.1) is 0 Å². The minimum absolute atomic E-state index is 0.481. The molecule has 20 aromatic rings. The van der Waals surface area contributed by atoms with Crippen LogP contribution in [0, 0.1) is 0 Å². The SMILES string of the molecule is CC1(C)c2cc(-c3cc(N(c4ccccc4)c4cc(-c5ccccc5)cc(-c5ccccc5)c4)cc(N(c4ccccc4)c4cc(-c5ccccc5)cc(-c5ccccc5)c4)c3)ccc2-c2ccc(-c3cc(N(c4ccccc4)c4cc(-c5ccccc5)cc(-c5ccccc5)c4)cc(N(c4ccccc4)c4cc(-c5ccccc5)cc(-c5ccccc5)c4)c3)cc21. The summed E-state index contributed by atoms with van der Waals surface area (Å²) in [6.45, 7) is 4.86. The van der Waals surface area contributed by atoms with Gasteiger partial charge in [0, 0.05) is 73.7 Å². The Morgan fingerprint density at radius 3 is 0.441 bits per heavy atom. The van der Waals surface area contributed by atoms with Gasteiger partial charge in [0.1, 0.15) is 0 Å². The van der Waals surface area contributed by atoms with Gasteiger partial charge in [-0.25, -0.2) is 0 Å². The van der Waals surface area contributed by atoms with Gasteiger partial charge in [-0.2, -0.15) is 0 Å². The van der Waals surface area contributed by atoms with E-state index in [1.807, 2.05) is 0 Å². The molecular weight excluding hydrogens is 1530 g/mol. The minimum atomic E-state index is -0.481. The first kappa shape index (κ1) is 77.9. The van der Waals surface area contributed by atoms with E-state index in [2.05, 4.69) is 543 Å². The van der Waals surface area contributed by atoms with Gasteiger partial charge < -0.3 is 19.6 Å². The summed E-state index contributed by atoms with van der Waals surface area (Å²) in [5, 5.41) is 0. The van der Waals surface area contributed by atoms with E-state index < -0.39 is 5.41 Å². The van der Waals surface area contributed by atoms with Gasteiger partial charge in [-0.05, 0) is 303 Å². The summed E-state index contributed by atoms with van der Waals surface area (Å²) in [5.41, 5.74) is 39.1. The second-order valence-electron chi connectivity index (χ2n) is 33.3. The summed E-state index contributed by atoms with van der Waals surface area (Å²) >= 11 is 0. The van der Waals surface area contributed by atoms with Crippen LogP contribution in [0.5, 0.6) is 0 Å². The predicted molar refractivity (Wildman–Crippen MR) is 537 cm³/mol. The van der Waals surface area contributed by atoms with Crippen LogP contribution in [0.3, 0.4) is 0 Å². The molecule has 4 heteroatoms. The fourth-order valence-electron chi connectivity index (χ4n) is 18.6. The van der Waals surface area contributed by atoms with Gasteiger partial charge in [-0.1, -0.05) is 354 Å². The van der Waals surface area contributed by atoms with Gasteiger partial charge in [-0.15, -0.1) is 0 Å². The van der Waals surface area contributed by atoms with Crippen LogP contribution in [0.15, 0.2) is 510 Å². The maximum Gasteiger partial charge on any atom is 0.0488 e. The Kier molecular flexibility index (Phi) is 21.2. The molecule has 1 aliphatic carbocycles. The average Bonchev–Trinajstić information content (AvgIpc) is 1.59. The number of fused-ring (bicyclic) bond motifs is 3. The zero-order valence-corrected chi connectivity index (χ0v) is 70.8. The third-order valence-electron chi connectivity index (χ3n) is 24.8. The Bertz CT molecular complexity index is 6240. The molecule has 0 unspecified atom stereocenters. The molecule has 20 aromatic carbocycles. The monoisotopic (exact) mass is 1620 g/mol. The summed E-state index contributed by atoms with van der Waals surface area (Å²) in [5.74, 6) is 0. The molecule has 0 bridgehead atoms. The van der Waals surface area contributed by atoms with E-state index in [1.165, 1.54) is 22.3 Å². The molecule has 127 heavy (non-hydrogen) atoms. The standard InChI is InChI=1S/C123H90N4/c1-123(2)121-83-95(105-79-115(124(107-55-31-11-32-56-107)111-71-97(87-39-15-3-16-40-87)67-98(72-111)88-41-17-4-18-42-88)85-116(80-105)125(108-57-33-12-34-58-108)112-73-99(89-43-19-5-20-44-89)68-100(74-112)90-45-21-6-22-46-90)63-65-119(121)120-66-64-96(84-122(120)123)106-81-117(126(109-59-35-13-36-60-109)113-75-101(91-47-23-7-24-48-91)69-102(76-113)92-49-25-8-26-50-92)86-118(82-106)127(110-61-37-14-38-62-110)114-77-103(93-51-27-9-28-52-93)70-104(78-114)94-53-29-10-30-54-94/h3-86H,1-2H3. The highest BCUT2D eigenvalue weighted by molar-refractivity contribution is 5.97. The van der Waals surface area contributed by atoms with Crippen LogP contribution in [0.4, 0.5) is 68.2 Å². The third-order valence-corrected chi connectivity index (χ3v) is 24.8. The zero-order chi connectivity index (χ0) is 85.0. The van der Waals surface area contributed by atoms with Crippen LogP contribution in [-0.2, 0) is 5.41 Å². The highest BCUT2D eigenvalue weighted by atomic mass is 15.2. The topological polar surface area (TPSA) is 13.0 Å². The molecule has 0 saturated carbocycles. The van der Waals surface area contributed by atoms with Crippen molar-refractivity contribution in [2.75, 3.05) is 19.6 Å². The Hall–Kier alpha value is -16.4. The Balaban J connectivity index is 0.764. The van der Waals surface area contributed by atoms with Crippen LogP contribution in [-0.4, -0.2) is 0 Å². The quantitative estimate of drug-likeness (QED) is 0.0670. The number of benzene rings is 20. The Labute approximate surface area is 745 Å². The fourth-order valence-corrected chi connectivity index (χ4v) is 18.6. The van der Waals surface area contributed by atoms with Gasteiger partial charge in [0.15, 0.2) is 0 Å². The average molecular weight is 1620 g/mol. The maximum atomic E-state index is 2.50. The van der Waals surface area contributed by atoms with Gasteiger partial charge in [-0.3, -0.25) is 0 Å². The van der Waals surface area contributed by atoms with E-state index in [9.17, 15) is 0 Å². The zero-order valence-electron chi connectivity index (χ0n) is 70.8. The van der Waals surface area contributed by atoms with Crippen molar-refractivity contribution in [3.05, 3.63) is 521 Å². The first-order valence-electron chi connectivity index (χ1n) is 43.7. The lowest BCUT2D eigenvalue weighted by molar-refractivity contribution is 0.661. The van der Waals surface area contributed by atoms with Crippen molar-refractivity contribution in [3.63, 3.8) is 0 Å². The molecule has 4 nitrogen and oxygen atoms in total. The molecule has 0 amide bonds. The van der Waals surface area contributed by atoms with Crippen molar-refractivity contribution < 1.29 is 0 Å². The molecule has 0 fully saturated rings. The number of rotatable bonds is 22. The molecule has 0 aliphatic heterocycles. The molecule has 0 radical (unpaired) electrons. The lowest BCUT2D eigenvalue weighted by atomic mass is 9.80. The first-order valence-corrected chi connectivity index (χ1v) is 43.7. The number of hydrogen-bond acceptors (Lipinski definition) is 4. The molecular formula is C123H90N4. The minimum Gasteiger partial charge on any atom is -0.310 e. The van der Waals surface area contributed by atoms with Gasteiger partial charge >= 0.3 is 0 Å². The molecule has 0 heterocycles. The van der Waals surface area contributed by atoms with E-state index in [0.29, 0.717) is 0 Å². The maximum absolute atomic E-state index is 2.50. The largest absolute Gasteiger partial charge is 0.310 e. The summed E-state index contributed by atoms with van der Waals surface area (Å²) in [6.07, 6.45) is 0. The van der Waals surface area contributed by atoms with E-state index in [0.717, 1.165) is 180 Å². The van der Waals surface area contributed by atoms with E-state index in [4.69, 9.17) is 0 Å². The van der Waals surface area contributed by atoms with Crippen LogP contribution in [0.2, 0.25) is 0 Å². The van der Waals surface area contributed by atoms with E-state index in [-0.39, 0.29) is 0 Å². The second-order valence-corrected chi connectivity index (χ2v) is 33.3. The van der Waals surface area contributed by atoms with Gasteiger partial charge in [0.2, 0.25) is 0 Å². The van der Waals surface area contributed by atoms with E-state index in [1.54, 1.807) is 0 Å². The number of anilines is 12. The van der Waals surface area contributed by atoms with Crippen molar-refractivity contribution in [1.29, 1.82) is 0 Å². The molecule has 0 saturated heterocycles. The molecule has 0 N–H and O–H groups in total. The third kappa shape index (κ3) is 16.0. The van der Waals surface area contributed by atoms with Crippen LogP contribution in [0.25, 0.3) is 122 Å². The highest BCUT2D eigenvalue weighted by Crippen LogP contribution is 2.55. The fraction of sp³-hybridized carbons (Fsp3) is 0.0244. The van der Waals surface area contributed by atoms with Crippen molar-refractivity contribution >= 4 is 68.2 Å². The predicted octanol–water partition coefficient (Wildman–Crippen LogP) is 34.5. The lowest BCUT2D eigenvalue weighted by Crippen LogP contribution is -2.15. The van der Waals surface area contributed by atoms with Crippen molar-refractivity contribution in [2.45, 2.75) is 19.3 Å². The van der Waals surface area contributed by atoms with Crippen molar-refractivity contribution in [3.8, 4) is 122 Å². The summed E-state index contributed by atoms with van der Waals surface area (Å²) < 4.78 is 0. The first-order chi connectivity index (χ1) is 62.7. The second kappa shape index (κ2) is 34.5. The molecule has 0 spiro atoms. The molecule has 0 aromatic heterocycles. The number of para-hydroxylation sites is 4. The molecule has 0 atom stereocenters. The summed E-state index contributed by atoms with van der Waals surface area (Å²) in [7, 11) is 0. The summed E-state index contributed by atoms with van der Waals surface area (Å²) in [6, 6.07) is 187. The van der Waals surface area contributed by atoms with Gasteiger partial charge in [0.25, 0.3) is 0 Å². The number of hydrogen-bond donors (Lipinski definition) is 0. The Morgan fingerprint density at radius 2 is 0.268 bits per heavy atom. The molecule has 602 valence electrons. The Morgan fingerprint density at radius 1 is 0.118 bits per heavy atom. The normalized spacial score (nSPS) is 11.8. The highest BCUT2D eigenvalue weighted by Gasteiger charge is 2.37.